The van der Waals surface area contributed by atoms with Crippen LogP contribution in [0.2, 0.25) is 5.02 Å². The van der Waals surface area contributed by atoms with Crippen molar-refractivity contribution >= 4 is 41.1 Å². The second-order valence-electron chi connectivity index (χ2n) is 5.41. The van der Waals surface area contributed by atoms with Crippen LogP contribution in [-0.2, 0) is 14.4 Å². The zero-order chi connectivity index (χ0) is 18.9. The molecule has 0 aliphatic rings. The first-order chi connectivity index (χ1) is 12.4. The number of halogens is 1. The van der Waals surface area contributed by atoms with Crippen LogP contribution in [0.5, 0.6) is 0 Å². The van der Waals surface area contributed by atoms with E-state index in [9.17, 15) is 19.5 Å². The highest BCUT2D eigenvalue weighted by Gasteiger charge is 2.22. The molecule has 0 heterocycles. The Labute approximate surface area is 155 Å². The molecular weight excluding hydrogens is 356 g/mol. The van der Waals surface area contributed by atoms with Gasteiger partial charge in [-0.1, -0.05) is 48.0 Å². The first kappa shape index (κ1) is 19.2. The van der Waals surface area contributed by atoms with Crippen molar-refractivity contribution in [2.24, 2.45) is 0 Å². The summed E-state index contributed by atoms with van der Waals surface area (Å²) in [7, 11) is 0. The van der Waals surface area contributed by atoms with Crippen molar-refractivity contribution in [2.45, 2.75) is 12.5 Å². The van der Waals surface area contributed by atoms with E-state index in [1.807, 2.05) is 18.2 Å². The molecule has 6 nitrogen and oxygen atoms in total. The predicted octanol–water partition coefficient (Wildman–Crippen LogP) is 2.95. The van der Waals surface area contributed by atoms with Crippen molar-refractivity contribution in [3.8, 4) is 0 Å². The lowest BCUT2D eigenvalue weighted by Crippen LogP contribution is -2.42. The summed E-state index contributed by atoms with van der Waals surface area (Å²) in [6.45, 7) is 0. The number of hydrogen-bond donors (Lipinski definition) is 3. The van der Waals surface area contributed by atoms with E-state index in [-0.39, 0.29) is 0 Å². The van der Waals surface area contributed by atoms with Gasteiger partial charge in [-0.2, -0.15) is 0 Å². The maximum Gasteiger partial charge on any atom is 0.326 e. The van der Waals surface area contributed by atoms with Gasteiger partial charge in [0.1, 0.15) is 6.04 Å². The zero-order valence-electron chi connectivity index (χ0n) is 13.7. The molecule has 7 heteroatoms. The van der Waals surface area contributed by atoms with Crippen LogP contribution in [0, 0.1) is 0 Å². The van der Waals surface area contributed by atoms with Gasteiger partial charge in [-0.25, -0.2) is 4.79 Å². The molecule has 0 aliphatic heterocycles. The highest BCUT2D eigenvalue weighted by atomic mass is 35.5. The van der Waals surface area contributed by atoms with E-state index < -0.39 is 30.2 Å². The predicted molar refractivity (Wildman–Crippen MR) is 99.7 cm³/mol. The summed E-state index contributed by atoms with van der Waals surface area (Å²) < 4.78 is 0. The molecule has 2 aromatic carbocycles. The smallest absolute Gasteiger partial charge is 0.326 e. The fraction of sp³-hybridized carbons (Fsp3) is 0.105. The quantitative estimate of drug-likeness (QED) is 0.651. The van der Waals surface area contributed by atoms with Crippen LogP contribution in [-0.4, -0.2) is 28.9 Å². The Balaban J connectivity index is 1.93. The minimum atomic E-state index is -1.35. The number of carboxylic acids is 1. The number of rotatable bonds is 7. The Morgan fingerprint density at radius 3 is 2.46 bits per heavy atom. The van der Waals surface area contributed by atoms with Gasteiger partial charge in [0.25, 0.3) is 0 Å². The molecule has 0 aliphatic carbocycles. The van der Waals surface area contributed by atoms with Crippen molar-refractivity contribution in [3.05, 3.63) is 71.3 Å². The van der Waals surface area contributed by atoms with Crippen molar-refractivity contribution in [1.29, 1.82) is 0 Å². The number of carbonyl (C=O) groups excluding carboxylic acids is 2. The van der Waals surface area contributed by atoms with Gasteiger partial charge in [-0.05, 0) is 29.8 Å². The molecule has 0 saturated heterocycles. The highest BCUT2D eigenvalue weighted by molar-refractivity contribution is 6.30. The Hall–Kier alpha value is -3.12. The zero-order valence-corrected chi connectivity index (χ0v) is 14.4. The molecule has 0 saturated carbocycles. The average Bonchev–Trinajstić information content (AvgIpc) is 2.60. The summed E-state index contributed by atoms with van der Waals surface area (Å²) in [4.78, 5) is 35.2. The summed E-state index contributed by atoms with van der Waals surface area (Å²) >= 11 is 5.83. The number of hydrogen-bond acceptors (Lipinski definition) is 3. The van der Waals surface area contributed by atoms with Crippen molar-refractivity contribution < 1.29 is 19.5 Å². The fourth-order valence-electron chi connectivity index (χ4n) is 2.12. The average molecular weight is 373 g/mol. The molecule has 0 fully saturated rings. The van der Waals surface area contributed by atoms with Gasteiger partial charge in [0.05, 0.1) is 6.42 Å². The number of carboxylic acid groups (broad SMARTS) is 1. The molecule has 3 N–H and O–H groups in total. The number of anilines is 1. The minimum Gasteiger partial charge on any atom is -0.480 e. The standard InChI is InChI=1S/C19H17ClN2O4/c20-14-7-4-8-15(11-14)21-18(24)12-16(19(25)26)22-17(23)10-9-13-5-2-1-3-6-13/h1-11,16H,12H2,(H,21,24)(H,22,23)(H,25,26)/b10-9+/t16-/m1/s1. The van der Waals surface area contributed by atoms with Crippen LogP contribution in [0.3, 0.4) is 0 Å². The van der Waals surface area contributed by atoms with E-state index in [0.29, 0.717) is 10.7 Å². The van der Waals surface area contributed by atoms with Crippen LogP contribution >= 0.6 is 11.6 Å². The Morgan fingerprint density at radius 2 is 1.81 bits per heavy atom. The third-order valence-corrected chi connectivity index (χ3v) is 3.57. The van der Waals surface area contributed by atoms with Gasteiger partial charge < -0.3 is 15.7 Å². The van der Waals surface area contributed by atoms with Crippen LogP contribution in [0.25, 0.3) is 6.08 Å². The monoisotopic (exact) mass is 372 g/mol. The lowest BCUT2D eigenvalue weighted by Gasteiger charge is -2.13. The van der Waals surface area contributed by atoms with Crippen LogP contribution < -0.4 is 10.6 Å². The van der Waals surface area contributed by atoms with Crippen LogP contribution in [0.15, 0.2) is 60.7 Å². The lowest BCUT2D eigenvalue weighted by molar-refractivity contribution is -0.142. The molecule has 0 bridgehead atoms. The minimum absolute atomic E-state index is 0.410. The second-order valence-corrected chi connectivity index (χ2v) is 5.84. The van der Waals surface area contributed by atoms with Gasteiger partial charge in [0, 0.05) is 16.8 Å². The Kier molecular flexibility index (Phi) is 6.93. The lowest BCUT2D eigenvalue weighted by atomic mass is 10.1. The normalized spacial score (nSPS) is 11.7. The van der Waals surface area contributed by atoms with Gasteiger partial charge >= 0.3 is 5.97 Å². The van der Waals surface area contributed by atoms with Crippen molar-refractivity contribution in [2.75, 3.05) is 5.32 Å². The topological polar surface area (TPSA) is 95.5 Å². The van der Waals surface area contributed by atoms with Gasteiger partial charge in [-0.15, -0.1) is 0 Å². The number of amides is 2. The summed E-state index contributed by atoms with van der Waals surface area (Å²) in [5, 5.41) is 14.5. The summed E-state index contributed by atoms with van der Waals surface area (Å²) in [6.07, 6.45) is 2.37. The number of carbonyl (C=O) groups is 3. The maximum atomic E-state index is 12.0. The van der Waals surface area contributed by atoms with Gasteiger partial charge in [0.15, 0.2) is 0 Å². The van der Waals surface area contributed by atoms with E-state index >= 15 is 0 Å². The molecule has 2 aromatic rings. The SMILES string of the molecule is O=C(/C=C/c1ccccc1)N[C@H](CC(=O)Nc1cccc(Cl)c1)C(=O)O. The summed E-state index contributed by atoms with van der Waals surface area (Å²) in [5.74, 6) is -2.45. The van der Waals surface area contributed by atoms with E-state index in [1.165, 1.54) is 12.1 Å². The van der Waals surface area contributed by atoms with Crippen molar-refractivity contribution in [1.82, 2.24) is 5.32 Å². The highest BCUT2D eigenvalue weighted by Crippen LogP contribution is 2.15. The number of nitrogens with one attached hydrogen (secondary N) is 2. The molecule has 0 aromatic heterocycles. The molecule has 26 heavy (non-hydrogen) atoms. The molecule has 0 spiro atoms. The number of aliphatic carboxylic acids is 1. The maximum absolute atomic E-state index is 12.0. The second kappa shape index (κ2) is 9.39. The molecule has 0 radical (unpaired) electrons. The Bertz CT molecular complexity index is 821. The molecule has 134 valence electrons. The van der Waals surface area contributed by atoms with E-state index in [2.05, 4.69) is 10.6 Å². The fourth-order valence-corrected chi connectivity index (χ4v) is 2.31. The van der Waals surface area contributed by atoms with Crippen molar-refractivity contribution in [3.63, 3.8) is 0 Å². The third kappa shape index (κ3) is 6.41. The molecule has 2 amide bonds. The first-order valence-corrected chi connectivity index (χ1v) is 8.13. The first-order valence-electron chi connectivity index (χ1n) is 7.76. The van der Waals surface area contributed by atoms with E-state index in [0.717, 1.165) is 5.56 Å². The van der Waals surface area contributed by atoms with Gasteiger partial charge in [0.2, 0.25) is 11.8 Å². The third-order valence-electron chi connectivity index (χ3n) is 3.34. The Morgan fingerprint density at radius 1 is 1.08 bits per heavy atom. The van der Waals surface area contributed by atoms with E-state index in [1.54, 1.807) is 36.4 Å². The van der Waals surface area contributed by atoms with Crippen LogP contribution in [0.1, 0.15) is 12.0 Å². The largest absolute Gasteiger partial charge is 0.480 e. The molecule has 0 unspecified atom stereocenters. The summed E-state index contributed by atoms with van der Waals surface area (Å²) in [6, 6.07) is 14.2. The molecule has 2 rings (SSSR count). The number of benzene rings is 2. The summed E-state index contributed by atoms with van der Waals surface area (Å²) in [5.41, 5.74) is 1.25. The van der Waals surface area contributed by atoms with Crippen LogP contribution in [0.4, 0.5) is 5.69 Å². The van der Waals surface area contributed by atoms with Gasteiger partial charge in [-0.3, -0.25) is 9.59 Å². The molecular formula is C19H17ClN2O4. The molecule has 1 atom stereocenters. The van der Waals surface area contributed by atoms with E-state index in [4.69, 9.17) is 11.6 Å².